The standard InChI is InChI=1S/C21H21F5N2O3/c1-10-14(6-7-15(22)17(10)23)16-11(2)20(3,21(24,25)26)31-18(16)19(30)28-12-4-5-13(9-29)27-8-12/h4-8,11,16,18,29H,9H2,1-3H3,(H,28,30)/t11-,16-,18+,20+/m1/s1. The number of nitrogens with one attached hydrogen (secondary N) is 1. The van der Waals surface area contributed by atoms with Gasteiger partial charge in [0.25, 0.3) is 5.91 Å². The highest BCUT2D eigenvalue weighted by Gasteiger charge is 2.65. The first-order valence-corrected chi connectivity index (χ1v) is 9.46. The fourth-order valence-electron chi connectivity index (χ4n) is 3.86. The number of pyridine rings is 1. The van der Waals surface area contributed by atoms with Gasteiger partial charge in [0.1, 0.15) is 6.10 Å². The number of hydrogen-bond acceptors (Lipinski definition) is 4. The van der Waals surface area contributed by atoms with E-state index in [0.717, 1.165) is 13.0 Å². The minimum atomic E-state index is -4.81. The first-order chi connectivity index (χ1) is 14.4. The van der Waals surface area contributed by atoms with E-state index in [-0.39, 0.29) is 23.4 Å². The zero-order valence-electron chi connectivity index (χ0n) is 16.9. The third kappa shape index (κ3) is 4.01. The molecular formula is C21H21F5N2O3. The van der Waals surface area contributed by atoms with Gasteiger partial charge in [-0.3, -0.25) is 9.78 Å². The summed E-state index contributed by atoms with van der Waals surface area (Å²) in [6, 6.07) is 4.86. The van der Waals surface area contributed by atoms with E-state index in [2.05, 4.69) is 10.3 Å². The van der Waals surface area contributed by atoms with Crippen LogP contribution in [0.25, 0.3) is 0 Å². The number of alkyl halides is 3. The molecule has 10 heteroatoms. The lowest BCUT2D eigenvalue weighted by atomic mass is 9.76. The van der Waals surface area contributed by atoms with Crippen molar-refractivity contribution in [2.45, 2.75) is 51.2 Å². The van der Waals surface area contributed by atoms with Crippen LogP contribution in [0.3, 0.4) is 0 Å². The lowest BCUT2D eigenvalue weighted by Gasteiger charge is -2.32. The van der Waals surface area contributed by atoms with Crippen molar-refractivity contribution in [1.82, 2.24) is 4.98 Å². The Kier molecular flexibility index (Phi) is 6.07. The minimum absolute atomic E-state index is 0.0632. The Hall–Kier alpha value is -2.59. The van der Waals surface area contributed by atoms with E-state index >= 15 is 0 Å². The lowest BCUT2D eigenvalue weighted by Crippen LogP contribution is -2.47. The number of halogens is 5. The summed E-state index contributed by atoms with van der Waals surface area (Å²) in [7, 11) is 0. The fraction of sp³-hybridized carbons (Fsp3) is 0.429. The van der Waals surface area contributed by atoms with Crippen molar-refractivity contribution in [2.75, 3.05) is 5.32 Å². The van der Waals surface area contributed by atoms with Crippen LogP contribution >= 0.6 is 0 Å². The Labute approximate surface area is 175 Å². The third-order valence-electron chi connectivity index (χ3n) is 5.92. The van der Waals surface area contributed by atoms with Crippen LogP contribution in [0.2, 0.25) is 0 Å². The van der Waals surface area contributed by atoms with Crippen LogP contribution in [-0.2, 0) is 16.1 Å². The molecule has 1 aliphatic heterocycles. The Balaban J connectivity index is 2.02. The van der Waals surface area contributed by atoms with Crippen LogP contribution < -0.4 is 5.32 Å². The number of aromatic nitrogens is 1. The largest absolute Gasteiger partial charge is 0.417 e. The topological polar surface area (TPSA) is 71.5 Å². The molecule has 0 unspecified atom stereocenters. The molecule has 168 valence electrons. The van der Waals surface area contributed by atoms with Crippen molar-refractivity contribution in [3.63, 3.8) is 0 Å². The normalized spacial score (nSPS) is 26.2. The van der Waals surface area contributed by atoms with E-state index in [1.807, 2.05) is 0 Å². The number of carbonyl (C=O) groups excluding carboxylic acids is 1. The molecule has 0 bridgehead atoms. The predicted molar refractivity (Wildman–Crippen MR) is 101 cm³/mol. The van der Waals surface area contributed by atoms with Gasteiger partial charge in [-0.2, -0.15) is 13.2 Å². The second-order valence-corrected chi connectivity index (χ2v) is 7.72. The smallest absolute Gasteiger partial charge is 0.390 e. The summed E-state index contributed by atoms with van der Waals surface area (Å²) in [5.74, 6) is -5.67. The van der Waals surface area contributed by atoms with E-state index in [1.165, 1.54) is 38.2 Å². The number of aliphatic hydroxyl groups is 1. The Morgan fingerprint density at radius 2 is 1.94 bits per heavy atom. The van der Waals surface area contributed by atoms with E-state index in [9.17, 15) is 26.7 Å². The van der Waals surface area contributed by atoms with Gasteiger partial charge in [-0.1, -0.05) is 13.0 Å². The maximum Gasteiger partial charge on any atom is 0.417 e. The molecule has 2 heterocycles. The molecule has 0 saturated carbocycles. The number of aliphatic hydroxyl groups excluding tert-OH is 1. The number of nitrogens with zero attached hydrogens (tertiary/aromatic N) is 1. The summed E-state index contributed by atoms with van der Waals surface area (Å²) in [6.45, 7) is 3.03. The fourth-order valence-corrected chi connectivity index (χ4v) is 3.86. The average Bonchev–Trinajstić information content (AvgIpc) is 2.99. The number of hydrogen-bond donors (Lipinski definition) is 2. The van der Waals surface area contributed by atoms with Crippen molar-refractivity contribution < 1.29 is 36.6 Å². The zero-order valence-corrected chi connectivity index (χ0v) is 16.9. The molecule has 5 nitrogen and oxygen atoms in total. The molecule has 31 heavy (non-hydrogen) atoms. The Morgan fingerprint density at radius 1 is 1.26 bits per heavy atom. The van der Waals surface area contributed by atoms with Crippen molar-refractivity contribution in [3.05, 3.63) is 58.9 Å². The molecule has 1 aromatic heterocycles. The monoisotopic (exact) mass is 444 g/mol. The third-order valence-corrected chi connectivity index (χ3v) is 5.92. The first-order valence-electron chi connectivity index (χ1n) is 9.46. The number of rotatable bonds is 4. The van der Waals surface area contributed by atoms with Crippen LogP contribution in [0.5, 0.6) is 0 Å². The van der Waals surface area contributed by atoms with Gasteiger partial charge in [0.15, 0.2) is 17.2 Å². The highest BCUT2D eigenvalue weighted by molar-refractivity contribution is 5.95. The summed E-state index contributed by atoms with van der Waals surface area (Å²) in [6.07, 6.45) is -5.19. The second kappa shape index (κ2) is 8.16. The van der Waals surface area contributed by atoms with Gasteiger partial charge in [-0.15, -0.1) is 0 Å². The minimum Gasteiger partial charge on any atom is -0.390 e. The highest BCUT2D eigenvalue weighted by atomic mass is 19.4. The van der Waals surface area contributed by atoms with Crippen molar-refractivity contribution in [1.29, 1.82) is 0 Å². The average molecular weight is 444 g/mol. The number of anilines is 1. The van der Waals surface area contributed by atoms with Crippen molar-refractivity contribution in [3.8, 4) is 0 Å². The predicted octanol–water partition coefficient (Wildman–Crippen LogP) is 4.24. The SMILES string of the molecule is Cc1c([C@@H]2[C@@H](C(=O)Nc3ccc(CO)nc3)O[C@](C)(C(F)(F)F)[C@@H]2C)ccc(F)c1F. The molecule has 2 N–H and O–H groups in total. The molecule has 2 aromatic rings. The van der Waals surface area contributed by atoms with Gasteiger partial charge in [-0.25, -0.2) is 8.78 Å². The van der Waals surface area contributed by atoms with Crippen molar-refractivity contribution >= 4 is 11.6 Å². The van der Waals surface area contributed by atoms with E-state index in [1.54, 1.807) is 0 Å². The summed E-state index contributed by atoms with van der Waals surface area (Å²) >= 11 is 0. The Morgan fingerprint density at radius 3 is 2.48 bits per heavy atom. The Bertz CT molecular complexity index is 980. The van der Waals surface area contributed by atoms with Gasteiger partial charge in [0.2, 0.25) is 0 Å². The van der Waals surface area contributed by atoms with Gasteiger partial charge in [0, 0.05) is 11.8 Å². The molecule has 4 atom stereocenters. The van der Waals surface area contributed by atoms with Crippen molar-refractivity contribution in [2.24, 2.45) is 5.92 Å². The van der Waals surface area contributed by atoms with E-state index < -0.39 is 47.3 Å². The quantitative estimate of drug-likeness (QED) is 0.693. The summed E-state index contributed by atoms with van der Waals surface area (Å²) in [5.41, 5.74) is -2.29. The van der Waals surface area contributed by atoms with Gasteiger partial charge in [-0.05, 0) is 43.2 Å². The first kappa shape index (κ1) is 23.1. The van der Waals surface area contributed by atoms with E-state index in [0.29, 0.717) is 5.69 Å². The molecule has 0 spiro atoms. The van der Waals surface area contributed by atoms with Gasteiger partial charge in [0.05, 0.1) is 24.2 Å². The van der Waals surface area contributed by atoms with Crippen LogP contribution in [0.4, 0.5) is 27.6 Å². The number of benzene rings is 1. The molecule has 0 aliphatic carbocycles. The number of amides is 1. The van der Waals surface area contributed by atoms with E-state index in [4.69, 9.17) is 9.84 Å². The maximum atomic E-state index is 14.2. The molecule has 1 aliphatic rings. The second-order valence-electron chi connectivity index (χ2n) is 7.72. The molecule has 1 amide bonds. The van der Waals surface area contributed by atoms with Crippen LogP contribution in [0.1, 0.15) is 36.6 Å². The molecular weight excluding hydrogens is 423 g/mol. The number of ether oxygens (including phenoxy) is 1. The van der Waals surface area contributed by atoms with Crippen LogP contribution in [0.15, 0.2) is 30.5 Å². The van der Waals surface area contributed by atoms with Gasteiger partial charge >= 0.3 is 6.18 Å². The van der Waals surface area contributed by atoms with Crippen LogP contribution in [0, 0.1) is 24.5 Å². The van der Waals surface area contributed by atoms with Crippen LogP contribution in [-0.4, -0.2) is 33.9 Å². The highest BCUT2D eigenvalue weighted by Crippen LogP contribution is 2.54. The molecule has 1 aromatic carbocycles. The molecule has 3 rings (SSSR count). The summed E-state index contributed by atoms with van der Waals surface area (Å²) in [5, 5.41) is 11.5. The lowest BCUT2D eigenvalue weighted by molar-refractivity contribution is -0.272. The number of carbonyl (C=O) groups is 1. The summed E-state index contributed by atoms with van der Waals surface area (Å²) < 4.78 is 74.6. The molecule has 1 saturated heterocycles. The van der Waals surface area contributed by atoms with Gasteiger partial charge < -0.3 is 15.2 Å². The summed E-state index contributed by atoms with van der Waals surface area (Å²) in [4.78, 5) is 16.8. The molecule has 1 fully saturated rings. The zero-order chi connectivity index (χ0) is 23.1. The maximum absolute atomic E-state index is 14.2. The molecule has 0 radical (unpaired) electrons.